The Hall–Kier alpha value is 0.110. The van der Waals surface area contributed by atoms with Crippen LogP contribution in [0.3, 0.4) is 0 Å². The van der Waals surface area contributed by atoms with Crippen molar-refractivity contribution in [2.24, 2.45) is 5.73 Å². The largest absolute Gasteiger partial charge is 0.391 e. The molecule has 0 saturated carbocycles. The predicted molar refractivity (Wildman–Crippen MR) is 49.5 cm³/mol. The molecule has 4 nitrogen and oxygen atoms in total. The fourth-order valence-corrected chi connectivity index (χ4v) is 2.70. The Morgan fingerprint density at radius 1 is 1.58 bits per heavy atom. The second-order valence-electron chi connectivity index (χ2n) is 3.00. The van der Waals surface area contributed by atoms with E-state index in [0.717, 1.165) is 12.8 Å². The average Bonchev–Trinajstić information content (AvgIpc) is 2.00. The topological polar surface area (TPSA) is 83.5 Å². The van der Waals surface area contributed by atoms with Crippen LogP contribution in [0.5, 0.6) is 0 Å². The molecule has 2 atom stereocenters. The van der Waals surface area contributed by atoms with Gasteiger partial charge in [-0.3, -0.25) is 4.57 Å². The molecule has 0 radical (unpaired) electrons. The Morgan fingerprint density at radius 3 is 2.58 bits per heavy atom. The second-order valence-corrected chi connectivity index (χ2v) is 5.50. The molecule has 74 valence electrons. The fourth-order valence-electron chi connectivity index (χ4n) is 0.900. The van der Waals surface area contributed by atoms with Gasteiger partial charge in [0.1, 0.15) is 0 Å². The van der Waals surface area contributed by atoms with Crippen LogP contribution in [0, 0.1) is 0 Å². The number of unbranched alkanes of at least 4 members (excludes halogenated alkanes) is 1. The molecule has 1 unspecified atom stereocenters. The molecule has 0 aliphatic carbocycles. The highest BCUT2D eigenvalue weighted by Crippen LogP contribution is 2.41. The van der Waals surface area contributed by atoms with E-state index >= 15 is 0 Å². The Morgan fingerprint density at radius 2 is 2.17 bits per heavy atom. The summed E-state index contributed by atoms with van der Waals surface area (Å²) in [6, 6.07) is 0. The van der Waals surface area contributed by atoms with Crippen LogP contribution in [0.4, 0.5) is 0 Å². The summed E-state index contributed by atoms with van der Waals surface area (Å²) in [4.78, 5) is 9.29. The minimum Gasteiger partial charge on any atom is -0.391 e. The number of nitrogens with two attached hydrogens (primary N) is 1. The van der Waals surface area contributed by atoms with Gasteiger partial charge in [-0.2, -0.15) is 0 Å². The van der Waals surface area contributed by atoms with E-state index in [0.29, 0.717) is 6.16 Å². The Bertz CT molecular complexity index is 163. The number of hydrogen-bond acceptors (Lipinski definition) is 3. The zero-order chi connectivity index (χ0) is 9.61. The normalized spacial score (nSPS) is 18.7. The van der Waals surface area contributed by atoms with E-state index in [9.17, 15) is 9.46 Å². The van der Waals surface area contributed by atoms with Crippen molar-refractivity contribution < 1.29 is 14.6 Å². The summed E-state index contributed by atoms with van der Waals surface area (Å²) in [6.07, 6.45) is 1.01. The molecule has 0 rings (SSSR count). The van der Waals surface area contributed by atoms with Crippen LogP contribution in [0.15, 0.2) is 0 Å². The van der Waals surface area contributed by atoms with Crippen LogP contribution in [-0.2, 0) is 4.57 Å². The van der Waals surface area contributed by atoms with Gasteiger partial charge >= 0.3 is 0 Å². The van der Waals surface area contributed by atoms with Gasteiger partial charge in [-0.25, -0.2) is 0 Å². The Labute approximate surface area is 73.2 Å². The van der Waals surface area contributed by atoms with Gasteiger partial charge in [-0.1, -0.05) is 13.3 Å². The second kappa shape index (κ2) is 5.70. The van der Waals surface area contributed by atoms with Gasteiger partial charge in [0.05, 0.1) is 12.3 Å². The third kappa shape index (κ3) is 5.72. The standard InChI is InChI=1S/C7H18NO3P/c1-2-3-4-12(10,11)6-7(9)5-8/h7,9H,2-6,8H2,1H3,(H,10,11)/t7-/m1/s1. The van der Waals surface area contributed by atoms with Crippen molar-refractivity contribution >= 4 is 7.37 Å². The lowest BCUT2D eigenvalue weighted by Crippen LogP contribution is -2.24. The first-order valence-electron chi connectivity index (χ1n) is 4.21. The summed E-state index contributed by atoms with van der Waals surface area (Å²) >= 11 is 0. The molecular weight excluding hydrogens is 177 g/mol. The fraction of sp³-hybridized carbons (Fsp3) is 1.00. The lowest BCUT2D eigenvalue weighted by molar-refractivity contribution is 0.202. The lowest BCUT2D eigenvalue weighted by atomic mass is 10.4. The SMILES string of the molecule is CCCCP(=O)(O)C[C@H](O)CN. The van der Waals surface area contributed by atoms with E-state index in [4.69, 9.17) is 10.8 Å². The van der Waals surface area contributed by atoms with Gasteiger partial charge in [0.15, 0.2) is 0 Å². The van der Waals surface area contributed by atoms with Gasteiger partial charge in [-0.05, 0) is 6.42 Å². The Balaban J connectivity index is 3.78. The van der Waals surface area contributed by atoms with Crippen LogP contribution < -0.4 is 5.73 Å². The maximum atomic E-state index is 11.3. The van der Waals surface area contributed by atoms with Crippen molar-refractivity contribution in [3.05, 3.63) is 0 Å². The maximum absolute atomic E-state index is 11.3. The van der Waals surface area contributed by atoms with Crippen LogP contribution in [0.1, 0.15) is 19.8 Å². The highest BCUT2D eigenvalue weighted by Gasteiger charge is 2.20. The zero-order valence-corrected chi connectivity index (χ0v) is 8.33. The molecule has 4 N–H and O–H groups in total. The molecule has 0 bridgehead atoms. The summed E-state index contributed by atoms with van der Waals surface area (Å²) in [6.45, 7) is 2.01. The predicted octanol–water partition coefficient (Wildman–Crippen LogP) is 0.377. The quantitative estimate of drug-likeness (QED) is 0.535. The molecule has 0 aliphatic heterocycles. The smallest absolute Gasteiger partial charge is 0.203 e. The molecule has 0 aromatic rings. The van der Waals surface area contributed by atoms with Gasteiger partial charge in [-0.15, -0.1) is 0 Å². The third-order valence-corrected chi connectivity index (χ3v) is 3.64. The van der Waals surface area contributed by atoms with Crippen molar-refractivity contribution in [1.29, 1.82) is 0 Å². The lowest BCUT2D eigenvalue weighted by Gasteiger charge is -2.13. The molecule has 0 aromatic heterocycles. The molecule has 0 saturated heterocycles. The number of aliphatic hydroxyl groups is 1. The van der Waals surface area contributed by atoms with Crippen molar-refractivity contribution in [2.75, 3.05) is 18.9 Å². The monoisotopic (exact) mass is 195 g/mol. The summed E-state index contributed by atoms with van der Waals surface area (Å²) in [5.41, 5.74) is 5.13. The molecule has 0 aromatic carbocycles. The van der Waals surface area contributed by atoms with Crippen LogP contribution in [0.25, 0.3) is 0 Å². The van der Waals surface area contributed by atoms with Crippen molar-refractivity contribution in [3.8, 4) is 0 Å². The van der Waals surface area contributed by atoms with Crippen LogP contribution >= 0.6 is 7.37 Å². The van der Waals surface area contributed by atoms with Crippen LogP contribution in [-0.4, -0.2) is 35.0 Å². The van der Waals surface area contributed by atoms with Gasteiger partial charge in [0.25, 0.3) is 0 Å². The van der Waals surface area contributed by atoms with Gasteiger partial charge in [0.2, 0.25) is 7.37 Å². The van der Waals surface area contributed by atoms with E-state index < -0.39 is 13.5 Å². The van der Waals surface area contributed by atoms with E-state index in [2.05, 4.69) is 0 Å². The zero-order valence-electron chi connectivity index (χ0n) is 7.44. The number of rotatable bonds is 6. The van der Waals surface area contributed by atoms with Crippen molar-refractivity contribution in [1.82, 2.24) is 0 Å². The Kier molecular flexibility index (Phi) is 5.76. The first-order valence-corrected chi connectivity index (χ1v) is 6.24. The maximum Gasteiger partial charge on any atom is 0.203 e. The van der Waals surface area contributed by atoms with Crippen molar-refractivity contribution in [2.45, 2.75) is 25.9 Å². The molecule has 0 amide bonds. The minimum atomic E-state index is -3.11. The molecular formula is C7H18NO3P. The van der Waals surface area contributed by atoms with E-state index in [1.54, 1.807) is 0 Å². The van der Waals surface area contributed by atoms with E-state index in [-0.39, 0.29) is 12.7 Å². The third-order valence-electron chi connectivity index (χ3n) is 1.63. The first kappa shape index (κ1) is 12.1. The molecule has 0 aliphatic rings. The summed E-state index contributed by atoms with van der Waals surface area (Å²) in [5.74, 6) is 0. The van der Waals surface area contributed by atoms with Crippen molar-refractivity contribution in [3.63, 3.8) is 0 Å². The highest BCUT2D eigenvalue weighted by atomic mass is 31.2. The number of aliphatic hydroxyl groups excluding tert-OH is 1. The van der Waals surface area contributed by atoms with E-state index in [1.165, 1.54) is 0 Å². The molecule has 12 heavy (non-hydrogen) atoms. The summed E-state index contributed by atoms with van der Waals surface area (Å²) in [5, 5.41) is 9.04. The highest BCUT2D eigenvalue weighted by molar-refractivity contribution is 7.58. The van der Waals surface area contributed by atoms with Gasteiger partial charge in [0, 0.05) is 12.7 Å². The molecule has 0 heterocycles. The summed E-state index contributed by atoms with van der Waals surface area (Å²) < 4.78 is 11.3. The summed E-state index contributed by atoms with van der Waals surface area (Å²) in [7, 11) is -3.11. The molecule has 0 spiro atoms. The van der Waals surface area contributed by atoms with Crippen LogP contribution in [0.2, 0.25) is 0 Å². The van der Waals surface area contributed by atoms with E-state index in [1.807, 2.05) is 6.92 Å². The van der Waals surface area contributed by atoms with Gasteiger partial charge < -0.3 is 15.7 Å². The molecule has 0 fully saturated rings. The average molecular weight is 195 g/mol. The molecule has 5 heteroatoms. The number of hydrogen-bond donors (Lipinski definition) is 3. The minimum absolute atomic E-state index is 0.0523. The first-order chi connectivity index (χ1) is 5.52.